The monoisotopic (exact) mass is 563 g/mol. The number of nitrogens with one attached hydrogen (secondary N) is 1. The minimum absolute atomic E-state index is 0.116. The Morgan fingerprint density at radius 2 is 1.73 bits per heavy atom. The molecule has 1 aromatic heterocycles. The van der Waals surface area contributed by atoms with Crippen molar-refractivity contribution in [3.05, 3.63) is 100 Å². The van der Waals surface area contributed by atoms with Crippen LogP contribution in [0.4, 0.5) is 15.8 Å². The number of hydrogen-bond donors (Lipinski definition) is 3. The minimum atomic E-state index is -1.32. The largest absolute Gasteiger partial charge is 0.497 e. The van der Waals surface area contributed by atoms with Gasteiger partial charge in [-0.15, -0.1) is 0 Å². The number of nitrogens with zero attached hydrogens (tertiary/aromatic N) is 2. The number of nitrogen functional groups attached to an aromatic ring is 1. The predicted octanol–water partition coefficient (Wildman–Crippen LogP) is 3.69. The number of aromatic nitrogens is 1. The molecule has 4 aromatic rings. The highest BCUT2D eigenvalue weighted by molar-refractivity contribution is 7.09. The number of benzene rings is 3. The molecule has 40 heavy (non-hydrogen) atoms. The molecule has 0 aliphatic heterocycles. The third-order valence-electron chi connectivity index (χ3n) is 6.02. The zero-order valence-electron chi connectivity index (χ0n) is 21.6. The van der Waals surface area contributed by atoms with E-state index in [1.54, 1.807) is 18.2 Å². The topological polar surface area (TPSA) is 150 Å². The number of carbonyl (C=O) groups is 3. The fourth-order valence-electron chi connectivity index (χ4n) is 4.03. The molecule has 0 radical (unpaired) electrons. The maximum Gasteiger partial charge on any atom is 0.273 e. The van der Waals surface area contributed by atoms with E-state index >= 15 is 0 Å². The third-order valence-corrected chi connectivity index (χ3v) is 6.87. The van der Waals surface area contributed by atoms with Gasteiger partial charge < -0.3 is 26.3 Å². The number of methoxy groups -OCH3 is 2. The van der Waals surface area contributed by atoms with E-state index in [1.165, 1.54) is 43.4 Å². The zero-order valence-corrected chi connectivity index (χ0v) is 22.4. The molecule has 0 bridgehead atoms. The van der Waals surface area contributed by atoms with E-state index in [4.69, 9.17) is 20.9 Å². The predicted molar refractivity (Wildman–Crippen MR) is 149 cm³/mol. The molecule has 206 valence electrons. The van der Waals surface area contributed by atoms with Gasteiger partial charge in [-0.3, -0.25) is 19.3 Å². The summed E-state index contributed by atoms with van der Waals surface area (Å²) in [5.41, 5.74) is 12.3. The van der Waals surface area contributed by atoms with Crippen LogP contribution in [0.1, 0.15) is 37.3 Å². The molecule has 0 spiro atoms. The summed E-state index contributed by atoms with van der Waals surface area (Å²) in [6, 6.07) is 17.7. The van der Waals surface area contributed by atoms with Crippen molar-refractivity contribution >= 4 is 40.6 Å². The van der Waals surface area contributed by atoms with Crippen molar-refractivity contribution in [2.75, 3.05) is 24.9 Å². The highest BCUT2D eigenvalue weighted by Crippen LogP contribution is 2.39. The SMILES string of the molecule is COc1ccc(N(C(=O)c2snc(C(N)=O)c2N)[C@@H](C(=O)NCc2ccccc2)c2ccc(F)cc2)c(OC)c1. The Balaban J connectivity index is 1.89. The van der Waals surface area contributed by atoms with Crippen molar-refractivity contribution in [3.63, 3.8) is 0 Å². The van der Waals surface area contributed by atoms with Crippen molar-refractivity contribution in [2.24, 2.45) is 5.73 Å². The third kappa shape index (κ3) is 5.86. The fraction of sp³-hybridized carbons (Fsp3) is 0.143. The number of rotatable bonds is 10. The van der Waals surface area contributed by atoms with Crippen LogP contribution in [0.3, 0.4) is 0 Å². The quantitative estimate of drug-likeness (QED) is 0.266. The number of halogens is 1. The molecule has 0 unspecified atom stereocenters. The Hall–Kier alpha value is -4.97. The molecular weight excluding hydrogens is 537 g/mol. The molecule has 0 fully saturated rings. The highest BCUT2D eigenvalue weighted by Gasteiger charge is 2.37. The number of nitrogens with two attached hydrogens (primary N) is 2. The smallest absolute Gasteiger partial charge is 0.273 e. The van der Waals surface area contributed by atoms with Crippen LogP contribution in [0.5, 0.6) is 11.5 Å². The summed E-state index contributed by atoms with van der Waals surface area (Å²) in [5, 5.41) is 2.86. The van der Waals surface area contributed by atoms with Crippen LogP contribution in [0.2, 0.25) is 0 Å². The van der Waals surface area contributed by atoms with E-state index in [0.29, 0.717) is 22.8 Å². The Kier molecular flexibility index (Phi) is 8.60. The molecule has 10 nitrogen and oxygen atoms in total. The molecule has 0 aliphatic carbocycles. The summed E-state index contributed by atoms with van der Waals surface area (Å²) < 4.78 is 28.7. The molecule has 3 amide bonds. The van der Waals surface area contributed by atoms with Gasteiger partial charge in [-0.25, -0.2) is 4.39 Å². The van der Waals surface area contributed by atoms with E-state index in [0.717, 1.165) is 5.56 Å². The van der Waals surface area contributed by atoms with Crippen LogP contribution in [0.15, 0.2) is 72.8 Å². The summed E-state index contributed by atoms with van der Waals surface area (Å²) in [4.78, 5) is 41.0. The lowest BCUT2D eigenvalue weighted by Crippen LogP contribution is -2.44. The summed E-state index contributed by atoms with van der Waals surface area (Å²) in [5.74, 6) is -2.11. The van der Waals surface area contributed by atoms with E-state index in [-0.39, 0.29) is 34.2 Å². The number of hydrogen-bond acceptors (Lipinski definition) is 8. The molecule has 1 atom stereocenters. The molecule has 0 aliphatic rings. The van der Waals surface area contributed by atoms with Crippen molar-refractivity contribution in [1.82, 2.24) is 9.69 Å². The van der Waals surface area contributed by atoms with Gasteiger partial charge in [0.2, 0.25) is 5.91 Å². The second kappa shape index (κ2) is 12.3. The Bertz CT molecular complexity index is 1530. The first-order valence-corrected chi connectivity index (χ1v) is 12.7. The standard InChI is InChI=1S/C28H26FN5O5S/c1-38-19-12-13-20(21(14-19)39-2)34(28(37)25-22(30)23(26(31)35)33-40-25)24(17-8-10-18(29)11-9-17)27(36)32-15-16-6-4-3-5-7-16/h3-14,24H,15,30H2,1-2H3,(H2,31,35)(H,32,36)/t24-/m1/s1. The molecule has 1 heterocycles. The van der Waals surface area contributed by atoms with Gasteiger partial charge in [-0.2, -0.15) is 4.37 Å². The lowest BCUT2D eigenvalue weighted by atomic mass is 10.0. The van der Waals surface area contributed by atoms with E-state index in [1.807, 2.05) is 30.3 Å². The Labute approximate surface area is 233 Å². The first kappa shape index (κ1) is 28.0. The molecule has 0 saturated heterocycles. The average Bonchev–Trinajstić information content (AvgIpc) is 3.36. The number of ether oxygens (including phenoxy) is 2. The van der Waals surface area contributed by atoms with E-state index in [2.05, 4.69) is 9.69 Å². The molecule has 0 saturated carbocycles. The van der Waals surface area contributed by atoms with Gasteiger partial charge in [-0.1, -0.05) is 42.5 Å². The highest BCUT2D eigenvalue weighted by atomic mass is 32.1. The first-order chi connectivity index (χ1) is 19.2. The summed E-state index contributed by atoms with van der Waals surface area (Å²) in [7, 11) is 2.87. The summed E-state index contributed by atoms with van der Waals surface area (Å²) in [6.07, 6.45) is 0. The number of carbonyl (C=O) groups excluding carboxylic acids is 3. The second-order valence-corrected chi connectivity index (χ2v) is 9.28. The summed E-state index contributed by atoms with van der Waals surface area (Å²) in [6.45, 7) is 0.160. The van der Waals surface area contributed by atoms with Gasteiger partial charge in [0.1, 0.15) is 28.2 Å². The van der Waals surface area contributed by atoms with Crippen molar-refractivity contribution in [2.45, 2.75) is 12.6 Å². The van der Waals surface area contributed by atoms with Crippen LogP contribution in [0, 0.1) is 5.82 Å². The maximum absolute atomic E-state index is 14.2. The number of anilines is 2. The van der Waals surface area contributed by atoms with Crippen LogP contribution < -0.4 is 31.2 Å². The van der Waals surface area contributed by atoms with Crippen LogP contribution in [-0.2, 0) is 11.3 Å². The Morgan fingerprint density at radius 1 is 1.02 bits per heavy atom. The van der Waals surface area contributed by atoms with E-state index in [9.17, 15) is 18.8 Å². The molecule has 4 rings (SSSR count). The van der Waals surface area contributed by atoms with Crippen LogP contribution >= 0.6 is 11.5 Å². The second-order valence-electron chi connectivity index (χ2n) is 8.51. The fourth-order valence-corrected chi connectivity index (χ4v) is 4.78. The maximum atomic E-state index is 14.2. The molecular formula is C28H26FN5O5S. The van der Waals surface area contributed by atoms with Gasteiger partial charge in [0.15, 0.2) is 5.69 Å². The van der Waals surface area contributed by atoms with Crippen LogP contribution in [0.25, 0.3) is 0 Å². The van der Waals surface area contributed by atoms with Gasteiger partial charge in [-0.05, 0) is 46.9 Å². The first-order valence-electron chi connectivity index (χ1n) is 11.9. The number of primary amides is 1. The van der Waals surface area contributed by atoms with Gasteiger partial charge in [0, 0.05) is 12.6 Å². The van der Waals surface area contributed by atoms with Crippen molar-refractivity contribution < 1.29 is 28.2 Å². The molecule has 12 heteroatoms. The van der Waals surface area contributed by atoms with Gasteiger partial charge in [0.05, 0.1) is 25.6 Å². The normalized spacial score (nSPS) is 11.4. The Morgan fingerprint density at radius 3 is 2.33 bits per heavy atom. The number of amides is 3. The summed E-state index contributed by atoms with van der Waals surface area (Å²) >= 11 is 0.669. The molecule has 5 N–H and O–H groups in total. The van der Waals surface area contributed by atoms with Crippen molar-refractivity contribution in [3.8, 4) is 11.5 Å². The molecule has 3 aromatic carbocycles. The van der Waals surface area contributed by atoms with E-state index < -0.39 is 29.6 Å². The van der Waals surface area contributed by atoms with Crippen LogP contribution in [-0.4, -0.2) is 36.3 Å². The van der Waals surface area contributed by atoms with Gasteiger partial charge >= 0.3 is 0 Å². The lowest BCUT2D eigenvalue weighted by Gasteiger charge is -2.32. The zero-order chi connectivity index (χ0) is 28.8. The van der Waals surface area contributed by atoms with Gasteiger partial charge in [0.25, 0.3) is 11.8 Å². The lowest BCUT2D eigenvalue weighted by molar-refractivity contribution is -0.122. The minimum Gasteiger partial charge on any atom is -0.497 e. The van der Waals surface area contributed by atoms with Crippen molar-refractivity contribution in [1.29, 1.82) is 0 Å². The average molecular weight is 564 g/mol.